The van der Waals surface area contributed by atoms with Crippen molar-refractivity contribution in [2.75, 3.05) is 0 Å². The second-order valence-corrected chi connectivity index (χ2v) is 4.38. The third-order valence-electron chi connectivity index (χ3n) is 2.62. The summed E-state index contributed by atoms with van der Waals surface area (Å²) < 4.78 is 4.09. The molecule has 2 aromatic heterocycles. The van der Waals surface area contributed by atoms with Gasteiger partial charge < -0.3 is 9.88 Å². The minimum Gasteiger partial charge on any atom is -0.332 e. The number of aromatic nitrogens is 4. The van der Waals surface area contributed by atoms with Crippen LogP contribution in [0.4, 0.5) is 0 Å². The summed E-state index contributed by atoms with van der Waals surface area (Å²) >= 11 is 0. The van der Waals surface area contributed by atoms with E-state index in [1.165, 1.54) is 5.69 Å². The molecular formula is C12H19N5. The zero-order valence-corrected chi connectivity index (χ0v) is 10.4. The van der Waals surface area contributed by atoms with Gasteiger partial charge in [0.1, 0.15) is 0 Å². The molecule has 0 aliphatic rings. The van der Waals surface area contributed by atoms with E-state index in [0.29, 0.717) is 6.04 Å². The number of rotatable bonds is 6. The van der Waals surface area contributed by atoms with E-state index >= 15 is 0 Å². The SMILES string of the molecule is CC(C)NCc1cncn1CCn1cccn1. The maximum absolute atomic E-state index is 4.19. The monoisotopic (exact) mass is 233 g/mol. The molecule has 2 aromatic rings. The van der Waals surface area contributed by atoms with Gasteiger partial charge in [-0.05, 0) is 6.07 Å². The van der Waals surface area contributed by atoms with Crippen LogP contribution in [0.15, 0.2) is 31.0 Å². The van der Waals surface area contributed by atoms with Gasteiger partial charge in [-0.2, -0.15) is 5.10 Å². The first kappa shape index (κ1) is 11.9. The van der Waals surface area contributed by atoms with Gasteiger partial charge in [-0.3, -0.25) is 4.68 Å². The molecule has 5 heteroatoms. The van der Waals surface area contributed by atoms with Crippen molar-refractivity contribution in [1.29, 1.82) is 0 Å². The average Bonchev–Trinajstić information content (AvgIpc) is 2.95. The van der Waals surface area contributed by atoms with Crippen molar-refractivity contribution in [3.8, 4) is 0 Å². The molecule has 0 aliphatic carbocycles. The Kier molecular flexibility index (Phi) is 3.93. The van der Waals surface area contributed by atoms with Crippen LogP contribution in [0.5, 0.6) is 0 Å². The number of hydrogen-bond acceptors (Lipinski definition) is 3. The van der Waals surface area contributed by atoms with Crippen LogP contribution < -0.4 is 5.32 Å². The molecule has 17 heavy (non-hydrogen) atoms. The molecule has 0 saturated heterocycles. The average molecular weight is 233 g/mol. The highest BCUT2D eigenvalue weighted by molar-refractivity contribution is 4.98. The fourth-order valence-corrected chi connectivity index (χ4v) is 1.65. The molecule has 0 amide bonds. The number of nitrogens with one attached hydrogen (secondary N) is 1. The van der Waals surface area contributed by atoms with Gasteiger partial charge in [0.05, 0.1) is 18.6 Å². The molecule has 0 bridgehead atoms. The fourth-order valence-electron chi connectivity index (χ4n) is 1.65. The summed E-state index contributed by atoms with van der Waals surface area (Å²) in [6.07, 6.45) is 7.57. The van der Waals surface area contributed by atoms with Crippen molar-refractivity contribution in [2.45, 2.75) is 39.5 Å². The summed E-state index contributed by atoms with van der Waals surface area (Å²) in [5.41, 5.74) is 1.21. The number of aryl methyl sites for hydroxylation is 2. The number of hydrogen-bond donors (Lipinski definition) is 1. The first-order chi connectivity index (χ1) is 8.25. The van der Waals surface area contributed by atoms with Crippen LogP contribution in [0.3, 0.4) is 0 Å². The highest BCUT2D eigenvalue weighted by atomic mass is 15.3. The van der Waals surface area contributed by atoms with Crippen molar-refractivity contribution in [3.63, 3.8) is 0 Å². The zero-order valence-electron chi connectivity index (χ0n) is 10.4. The van der Waals surface area contributed by atoms with E-state index in [9.17, 15) is 0 Å². The van der Waals surface area contributed by atoms with Crippen LogP contribution in [0, 0.1) is 0 Å². The van der Waals surface area contributed by atoms with E-state index in [1.807, 2.05) is 29.5 Å². The smallest absolute Gasteiger partial charge is 0.0949 e. The standard InChI is InChI=1S/C12H19N5/c1-11(2)14-9-12-8-13-10-16(12)6-7-17-5-3-4-15-17/h3-5,8,10-11,14H,6-7,9H2,1-2H3. The Labute approximate surface area is 101 Å². The van der Waals surface area contributed by atoms with Gasteiger partial charge in [0.15, 0.2) is 0 Å². The molecule has 0 fully saturated rings. The molecule has 92 valence electrons. The Morgan fingerprint density at radius 3 is 2.94 bits per heavy atom. The first-order valence-electron chi connectivity index (χ1n) is 5.95. The number of nitrogens with zero attached hydrogens (tertiary/aromatic N) is 4. The molecule has 0 saturated carbocycles. The summed E-state index contributed by atoms with van der Waals surface area (Å²) in [6, 6.07) is 2.43. The summed E-state index contributed by atoms with van der Waals surface area (Å²) in [7, 11) is 0. The lowest BCUT2D eigenvalue weighted by Gasteiger charge is -2.11. The summed E-state index contributed by atoms with van der Waals surface area (Å²) in [5, 5.41) is 7.59. The Balaban J connectivity index is 1.90. The largest absolute Gasteiger partial charge is 0.332 e. The van der Waals surface area contributed by atoms with Gasteiger partial charge >= 0.3 is 0 Å². The first-order valence-corrected chi connectivity index (χ1v) is 5.95. The number of imidazole rings is 1. The molecule has 0 aromatic carbocycles. The third kappa shape index (κ3) is 3.42. The van der Waals surface area contributed by atoms with Gasteiger partial charge in [-0.25, -0.2) is 4.98 Å². The molecule has 0 atom stereocenters. The quantitative estimate of drug-likeness (QED) is 0.817. The van der Waals surface area contributed by atoms with Crippen molar-refractivity contribution < 1.29 is 0 Å². The summed E-state index contributed by atoms with van der Waals surface area (Å²) in [4.78, 5) is 4.19. The topological polar surface area (TPSA) is 47.7 Å². The molecule has 0 radical (unpaired) electrons. The lowest BCUT2D eigenvalue weighted by atomic mass is 10.3. The molecule has 5 nitrogen and oxygen atoms in total. The van der Waals surface area contributed by atoms with Gasteiger partial charge in [-0.1, -0.05) is 13.8 Å². The summed E-state index contributed by atoms with van der Waals surface area (Å²) in [6.45, 7) is 6.92. The Morgan fingerprint density at radius 1 is 1.35 bits per heavy atom. The van der Waals surface area contributed by atoms with Crippen molar-refractivity contribution in [2.24, 2.45) is 0 Å². The minimum absolute atomic E-state index is 0.490. The van der Waals surface area contributed by atoms with E-state index in [2.05, 4.69) is 33.8 Å². The predicted octanol–water partition coefficient (Wildman–Crippen LogP) is 1.28. The van der Waals surface area contributed by atoms with Gasteiger partial charge in [-0.15, -0.1) is 0 Å². The van der Waals surface area contributed by atoms with Crippen LogP contribution in [-0.2, 0) is 19.6 Å². The van der Waals surface area contributed by atoms with E-state index < -0.39 is 0 Å². The molecule has 2 heterocycles. The van der Waals surface area contributed by atoms with Crippen LogP contribution in [-0.4, -0.2) is 25.4 Å². The van der Waals surface area contributed by atoms with Crippen LogP contribution in [0.1, 0.15) is 19.5 Å². The molecular weight excluding hydrogens is 214 g/mol. The Hall–Kier alpha value is -1.62. The predicted molar refractivity (Wildman–Crippen MR) is 66.4 cm³/mol. The highest BCUT2D eigenvalue weighted by Crippen LogP contribution is 2.00. The second-order valence-electron chi connectivity index (χ2n) is 4.38. The lowest BCUT2D eigenvalue weighted by Crippen LogP contribution is -2.23. The van der Waals surface area contributed by atoms with E-state index in [0.717, 1.165) is 19.6 Å². The lowest BCUT2D eigenvalue weighted by molar-refractivity contribution is 0.504. The highest BCUT2D eigenvalue weighted by Gasteiger charge is 2.02. The maximum atomic E-state index is 4.19. The van der Waals surface area contributed by atoms with Crippen molar-refractivity contribution >= 4 is 0 Å². The maximum Gasteiger partial charge on any atom is 0.0949 e. The molecule has 0 aliphatic heterocycles. The van der Waals surface area contributed by atoms with Crippen LogP contribution >= 0.6 is 0 Å². The Bertz CT molecular complexity index is 429. The van der Waals surface area contributed by atoms with E-state index in [1.54, 1.807) is 6.20 Å². The third-order valence-corrected chi connectivity index (χ3v) is 2.62. The van der Waals surface area contributed by atoms with Gasteiger partial charge in [0.25, 0.3) is 0 Å². The summed E-state index contributed by atoms with van der Waals surface area (Å²) in [5.74, 6) is 0. The Morgan fingerprint density at radius 2 is 2.24 bits per heavy atom. The fraction of sp³-hybridized carbons (Fsp3) is 0.500. The van der Waals surface area contributed by atoms with Gasteiger partial charge in [0, 0.05) is 37.7 Å². The normalized spacial score (nSPS) is 11.2. The van der Waals surface area contributed by atoms with Gasteiger partial charge in [0.2, 0.25) is 0 Å². The van der Waals surface area contributed by atoms with Crippen molar-refractivity contribution in [1.82, 2.24) is 24.6 Å². The molecule has 0 unspecified atom stereocenters. The van der Waals surface area contributed by atoms with Crippen molar-refractivity contribution in [3.05, 3.63) is 36.7 Å². The van der Waals surface area contributed by atoms with E-state index in [-0.39, 0.29) is 0 Å². The molecule has 2 rings (SSSR count). The minimum atomic E-state index is 0.490. The molecule has 0 spiro atoms. The van der Waals surface area contributed by atoms with Crippen LogP contribution in [0.25, 0.3) is 0 Å². The van der Waals surface area contributed by atoms with Crippen LogP contribution in [0.2, 0.25) is 0 Å². The zero-order chi connectivity index (χ0) is 12.1. The molecule has 1 N–H and O–H groups in total. The van der Waals surface area contributed by atoms with E-state index in [4.69, 9.17) is 0 Å². The second kappa shape index (κ2) is 5.63.